The van der Waals surface area contributed by atoms with Crippen LogP contribution in [0, 0.1) is 12.7 Å². The van der Waals surface area contributed by atoms with Gasteiger partial charge < -0.3 is 10.1 Å². The number of aryl methyl sites for hydroxylation is 1. The quantitative estimate of drug-likeness (QED) is 0.941. The standard InChI is InChI=1S/C14H14FN3O2.ClH/c1-9-16-6-5-12(18-9)14(19)17-8-10-3-4-11(15)13(7-10)20-2;/h3-7H,8H2,1-2H3,(H,17,19);1H. The molecule has 0 saturated carbocycles. The molecule has 0 fully saturated rings. The maximum absolute atomic E-state index is 13.2. The van der Waals surface area contributed by atoms with E-state index in [-0.39, 0.29) is 30.6 Å². The Kier molecular flexibility index (Phi) is 6.05. The maximum atomic E-state index is 13.2. The molecular formula is C14H15ClFN3O2. The second kappa shape index (κ2) is 7.54. The Hall–Kier alpha value is -2.21. The molecule has 0 aliphatic heterocycles. The first kappa shape index (κ1) is 16.8. The van der Waals surface area contributed by atoms with Crippen LogP contribution in [0.1, 0.15) is 21.9 Å². The van der Waals surface area contributed by atoms with Crippen molar-refractivity contribution in [3.63, 3.8) is 0 Å². The molecule has 1 aromatic heterocycles. The molecule has 7 heteroatoms. The average Bonchev–Trinajstić information content (AvgIpc) is 2.46. The lowest BCUT2D eigenvalue weighted by molar-refractivity contribution is 0.0945. The van der Waals surface area contributed by atoms with Gasteiger partial charge in [0.25, 0.3) is 5.91 Å². The molecule has 1 heterocycles. The fourth-order valence-corrected chi connectivity index (χ4v) is 1.67. The van der Waals surface area contributed by atoms with E-state index in [1.54, 1.807) is 19.1 Å². The third-order valence-corrected chi connectivity index (χ3v) is 2.68. The predicted molar refractivity (Wildman–Crippen MR) is 78.1 cm³/mol. The zero-order valence-corrected chi connectivity index (χ0v) is 12.4. The molecule has 0 aliphatic carbocycles. The molecule has 112 valence electrons. The van der Waals surface area contributed by atoms with E-state index in [2.05, 4.69) is 15.3 Å². The fourth-order valence-electron chi connectivity index (χ4n) is 1.67. The monoisotopic (exact) mass is 311 g/mol. The summed E-state index contributed by atoms with van der Waals surface area (Å²) >= 11 is 0. The lowest BCUT2D eigenvalue weighted by Crippen LogP contribution is -2.24. The largest absolute Gasteiger partial charge is 0.494 e. The highest BCUT2D eigenvalue weighted by atomic mass is 35.5. The molecule has 0 unspecified atom stereocenters. The van der Waals surface area contributed by atoms with Gasteiger partial charge in [-0.05, 0) is 30.7 Å². The molecule has 0 aliphatic rings. The molecule has 5 nitrogen and oxygen atoms in total. The minimum absolute atomic E-state index is 0. The summed E-state index contributed by atoms with van der Waals surface area (Å²) in [5.74, 6) is -0.0662. The minimum atomic E-state index is -0.436. The predicted octanol–water partition coefficient (Wildman–Crippen LogP) is 2.28. The number of hydrogen-bond acceptors (Lipinski definition) is 4. The summed E-state index contributed by atoms with van der Waals surface area (Å²) in [6, 6.07) is 5.97. The summed E-state index contributed by atoms with van der Waals surface area (Å²) in [7, 11) is 1.39. The van der Waals surface area contributed by atoms with Crippen LogP contribution in [0.5, 0.6) is 5.75 Å². The first-order valence-corrected chi connectivity index (χ1v) is 6.00. The minimum Gasteiger partial charge on any atom is -0.494 e. The second-order valence-electron chi connectivity index (χ2n) is 4.14. The number of carbonyl (C=O) groups is 1. The Labute approximate surface area is 128 Å². The Bertz CT molecular complexity index is 637. The van der Waals surface area contributed by atoms with Gasteiger partial charge in [0, 0.05) is 12.7 Å². The van der Waals surface area contributed by atoms with E-state index in [0.717, 1.165) is 5.56 Å². The molecule has 1 aromatic carbocycles. The van der Waals surface area contributed by atoms with Crippen LogP contribution < -0.4 is 10.1 Å². The van der Waals surface area contributed by atoms with Crippen molar-refractivity contribution in [3.8, 4) is 5.75 Å². The molecule has 2 aromatic rings. The van der Waals surface area contributed by atoms with Crippen molar-refractivity contribution >= 4 is 18.3 Å². The normalized spacial score (nSPS) is 9.67. The van der Waals surface area contributed by atoms with Gasteiger partial charge in [0.2, 0.25) is 0 Å². The SMILES string of the molecule is COc1cc(CNC(=O)c2ccnc(C)n2)ccc1F.Cl. The van der Waals surface area contributed by atoms with Gasteiger partial charge in [-0.15, -0.1) is 12.4 Å². The smallest absolute Gasteiger partial charge is 0.270 e. The third-order valence-electron chi connectivity index (χ3n) is 2.68. The van der Waals surface area contributed by atoms with Gasteiger partial charge >= 0.3 is 0 Å². The molecule has 0 saturated heterocycles. The van der Waals surface area contributed by atoms with Crippen LogP contribution >= 0.6 is 12.4 Å². The number of amides is 1. The van der Waals surface area contributed by atoms with E-state index in [9.17, 15) is 9.18 Å². The lowest BCUT2D eigenvalue weighted by atomic mass is 10.2. The number of aromatic nitrogens is 2. The number of ether oxygens (including phenoxy) is 1. The van der Waals surface area contributed by atoms with Gasteiger partial charge in [0.15, 0.2) is 11.6 Å². The number of carbonyl (C=O) groups excluding carboxylic acids is 1. The lowest BCUT2D eigenvalue weighted by Gasteiger charge is -2.07. The Morgan fingerprint density at radius 2 is 2.14 bits per heavy atom. The van der Waals surface area contributed by atoms with Crippen LogP contribution in [0.4, 0.5) is 4.39 Å². The van der Waals surface area contributed by atoms with Crippen molar-refractivity contribution in [2.45, 2.75) is 13.5 Å². The molecule has 1 N–H and O–H groups in total. The van der Waals surface area contributed by atoms with Crippen molar-refractivity contribution in [1.82, 2.24) is 15.3 Å². The molecule has 0 bridgehead atoms. The number of rotatable bonds is 4. The van der Waals surface area contributed by atoms with Gasteiger partial charge in [-0.1, -0.05) is 6.07 Å². The van der Waals surface area contributed by atoms with Gasteiger partial charge in [0.05, 0.1) is 7.11 Å². The van der Waals surface area contributed by atoms with Crippen LogP contribution in [-0.4, -0.2) is 23.0 Å². The van der Waals surface area contributed by atoms with Crippen LogP contribution in [-0.2, 0) is 6.54 Å². The zero-order valence-electron chi connectivity index (χ0n) is 11.6. The number of methoxy groups -OCH3 is 1. The number of halogens is 2. The van der Waals surface area contributed by atoms with Gasteiger partial charge in [0.1, 0.15) is 11.5 Å². The molecule has 1 amide bonds. The van der Waals surface area contributed by atoms with Crippen LogP contribution in [0.15, 0.2) is 30.5 Å². The Morgan fingerprint density at radius 3 is 2.81 bits per heavy atom. The second-order valence-corrected chi connectivity index (χ2v) is 4.14. The molecular weight excluding hydrogens is 297 g/mol. The van der Waals surface area contributed by atoms with Gasteiger partial charge in [-0.3, -0.25) is 4.79 Å². The number of nitrogens with zero attached hydrogens (tertiary/aromatic N) is 2. The number of hydrogen-bond donors (Lipinski definition) is 1. The van der Waals surface area contributed by atoms with E-state index in [1.807, 2.05) is 0 Å². The Balaban J connectivity index is 0.00000220. The summed E-state index contributed by atoms with van der Waals surface area (Å²) in [4.78, 5) is 19.8. The summed E-state index contributed by atoms with van der Waals surface area (Å²) in [6.45, 7) is 1.97. The number of benzene rings is 1. The first-order valence-electron chi connectivity index (χ1n) is 6.00. The molecule has 0 radical (unpaired) electrons. The summed E-state index contributed by atoms with van der Waals surface area (Å²) in [5.41, 5.74) is 1.04. The highest BCUT2D eigenvalue weighted by molar-refractivity contribution is 5.92. The highest BCUT2D eigenvalue weighted by Gasteiger charge is 2.08. The molecule has 21 heavy (non-hydrogen) atoms. The summed E-state index contributed by atoms with van der Waals surface area (Å²) < 4.78 is 18.1. The third kappa shape index (κ3) is 4.39. The zero-order chi connectivity index (χ0) is 14.5. The van der Waals surface area contributed by atoms with Crippen molar-refractivity contribution in [2.75, 3.05) is 7.11 Å². The molecule has 0 atom stereocenters. The first-order chi connectivity index (χ1) is 9.60. The van der Waals surface area contributed by atoms with E-state index >= 15 is 0 Å². The van der Waals surface area contributed by atoms with Crippen LogP contribution in [0.3, 0.4) is 0 Å². The van der Waals surface area contributed by atoms with Crippen molar-refractivity contribution in [3.05, 3.63) is 53.4 Å². The maximum Gasteiger partial charge on any atom is 0.270 e. The number of nitrogens with one attached hydrogen (secondary N) is 1. The Morgan fingerprint density at radius 1 is 1.38 bits per heavy atom. The summed E-state index contributed by atoms with van der Waals surface area (Å²) in [6.07, 6.45) is 1.53. The van der Waals surface area contributed by atoms with Gasteiger partial charge in [-0.25, -0.2) is 14.4 Å². The van der Waals surface area contributed by atoms with Crippen molar-refractivity contribution in [1.29, 1.82) is 0 Å². The van der Waals surface area contributed by atoms with E-state index in [1.165, 1.54) is 25.4 Å². The topological polar surface area (TPSA) is 64.1 Å². The van der Waals surface area contributed by atoms with Crippen LogP contribution in [0.2, 0.25) is 0 Å². The van der Waals surface area contributed by atoms with E-state index in [0.29, 0.717) is 11.5 Å². The van der Waals surface area contributed by atoms with Crippen LogP contribution in [0.25, 0.3) is 0 Å². The highest BCUT2D eigenvalue weighted by Crippen LogP contribution is 2.18. The van der Waals surface area contributed by atoms with E-state index < -0.39 is 5.82 Å². The summed E-state index contributed by atoms with van der Waals surface area (Å²) in [5, 5.41) is 2.71. The van der Waals surface area contributed by atoms with Crippen molar-refractivity contribution < 1.29 is 13.9 Å². The molecule has 2 rings (SSSR count). The molecule has 0 spiro atoms. The van der Waals surface area contributed by atoms with Crippen molar-refractivity contribution in [2.24, 2.45) is 0 Å². The fraction of sp³-hybridized carbons (Fsp3) is 0.214. The average molecular weight is 312 g/mol. The van der Waals surface area contributed by atoms with Gasteiger partial charge in [-0.2, -0.15) is 0 Å². The van der Waals surface area contributed by atoms with E-state index in [4.69, 9.17) is 4.74 Å².